The van der Waals surface area contributed by atoms with Gasteiger partial charge in [-0.15, -0.1) is 0 Å². The van der Waals surface area contributed by atoms with Gasteiger partial charge in [0.15, 0.2) is 0 Å². The van der Waals surface area contributed by atoms with Crippen LogP contribution in [-0.4, -0.2) is 0 Å². The Morgan fingerprint density at radius 3 is 0.692 bits per heavy atom. The van der Waals surface area contributed by atoms with Gasteiger partial charge < -0.3 is 7.43 Å². The minimum Gasteiger partial charge on any atom is -0.358 e. The van der Waals surface area contributed by atoms with Gasteiger partial charge in [-0.3, -0.25) is 0 Å². The predicted molar refractivity (Wildman–Crippen MR) is 39.7 cm³/mol. The topological polar surface area (TPSA) is 59.7 Å². The van der Waals surface area contributed by atoms with Crippen LogP contribution in [0, 0.1) is 59.5 Å². The maximum atomic E-state index is 7.50. The summed E-state index contributed by atoms with van der Waals surface area (Å²) in [6.45, 7) is 13.5. The van der Waals surface area contributed by atoms with Crippen LogP contribution in [-0.2, 0) is 35.0 Å². The minimum atomic E-state index is 0. The molecule has 1 fully saturated rings. The molecule has 0 spiro atoms. The SMILES string of the molecule is [C-]#[O+].[C-]#[O+].[C-]#[O+].[CH3-].[CH]1[CH][CH][CH][CH]1.[W+2]. The van der Waals surface area contributed by atoms with Crippen LogP contribution in [0.5, 0.6) is 0 Å². The van der Waals surface area contributed by atoms with Crippen LogP contribution < -0.4 is 0 Å². The van der Waals surface area contributed by atoms with Crippen LogP contribution in [0.1, 0.15) is 0 Å². The molecule has 0 unspecified atom stereocenters. The van der Waals surface area contributed by atoms with E-state index >= 15 is 0 Å². The summed E-state index contributed by atoms with van der Waals surface area (Å²) >= 11 is 0. The average Bonchev–Trinajstić information content (AvgIpc) is 2.71. The molecule has 0 N–H and O–H groups in total. The molecule has 0 saturated heterocycles. The normalized spacial score (nSPS) is 9.69. The zero-order valence-electron chi connectivity index (χ0n) is 7.02. The Morgan fingerprint density at radius 1 is 0.538 bits per heavy atom. The molecule has 13 heavy (non-hydrogen) atoms. The van der Waals surface area contributed by atoms with E-state index in [0.29, 0.717) is 0 Å². The van der Waals surface area contributed by atoms with Gasteiger partial charge in [0.25, 0.3) is 0 Å². The molecular weight excluding hydrogens is 340 g/mol. The second-order valence-corrected chi connectivity index (χ2v) is 0.962. The molecule has 4 heteroatoms. The number of rotatable bonds is 0. The molecule has 0 aliphatic heterocycles. The van der Waals surface area contributed by atoms with Crippen molar-refractivity contribution in [1.29, 1.82) is 0 Å². The second-order valence-electron chi connectivity index (χ2n) is 0.962. The van der Waals surface area contributed by atoms with Crippen LogP contribution in [0.25, 0.3) is 0 Å². The Hall–Kier alpha value is -0.0917. The van der Waals surface area contributed by atoms with Crippen molar-refractivity contribution in [3.8, 4) is 0 Å². The van der Waals surface area contributed by atoms with Crippen molar-refractivity contribution in [3.63, 3.8) is 0 Å². The van der Waals surface area contributed by atoms with Gasteiger partial charge in [0.2, 0.25) is 0 Å². The average molecular weight is 348 g/mol. The van der Waals surface area contributed by atoms with Gasteiger partial charge in [-0.2, -0.15) is 0 Å². The molecule has 3 nitrogen and oxygen atoms in total. The first-order valence-corrected chi connectivity index (χ1v) is 2.28. The Kier molecular flexibility index (Phi) is 132. The van der Waals surface area contributed by atoms with Crippen molar-refractivity contribution in [2.45, 2.75) is 0 Å². The molecular formula is C9H8O3W+. The van der Waals surface area contributed by atoms with Crippen molar-refractivity contribution in [3.05, 3.63) is 59.5 Å². The number of hydrogen-bond acceptors (Lipinski definition) is 0. The monoisotopic (exact) mass is 348 g/mol. The Morgan fingerprint density at radius 2 is 0.615 bits per heavy atom. The standard InChI is InChI=1S/C5H5.3CO.CH3.W/c1-2-4-5-3-1;3*1-2;;/h1-5H;;;;1H3;/q;;;;-1;+2. The largest absolute Gasteiger partial charge is 2.00 e. The molecule has 0 heterocycles. The Labute approximate surface area is 94.7 Å². The van der Waals surface area contributed by atoms with E-state index in [1.807, 2.05) is 32.1 Å². The first-order chi connectivity index (χ1) is 5.50. The van der Waals surface area contributed by atoms with Gasteiger partial charge in [0, 0.05) is 0 Å². The molecule has 5 radical (unpaired) electrons. The van der Waals surface area contributed by atoms with E-state index in [2.05, 4.69) is 20.0 Å². The van der Waals surface area contributed by atoms with E-state index in [9.17, 15) is 0 Å². The molecule has 1 aliphatic rings. The van der Waals surface area contributed by atoms with Gasteiger partial charge >= 0.3 is 55.0 Å². The summed E-state index contributed by atoms with van der Waals surface area (Å²) in [5.41, 5.74) is 0. The summed E-state index contributed by atoms with van der Waals surface area (Å²) in [4.78, 5) is 0. The summed E-state index contributed by atoms with van der Waals surface area (Å²) in [6, 6.07) is 0. The molecule has 0 bridgehead atoms. The van der Waals surface area contributed by atoms with Crippen LogP contribution in [0.4, 0.5) is 0 Å². The molecule has 0 aromatic rings. The predicted octanol–water partition coefficient (Wildman–Crippen LogP) is 1.36. The molecule has 1 rings (SSSR count). The summed E-state index contributed by atoms with van der Waals surface area (Å²) < 4.78 is 22.5. The van der Waals surface area contributed by atoms with E-state index < -0.39 is 0 Å². The fourth-order valence-corrected chi connectivity index (χ4v) is 0.321. The van der Waals surface area contributed by atoms with E-state index in [-0.39, 0.29) is 28.5 Å². The second kappa shape index (κ2) is 58.8. The molecule has 0 aromatic carbocycles. The van der Waals surface area contributed by atoms with E-state index in [1.165, 1.54) is 0 Å². The minimum absolute atomic E-state index is 0. The van der Waals surface area contributed by atoms with Gasteiger partial charge in [0.1, 0.15) is 0 Å². The quantitative estimate of drug-likeness (QED) is 0.469. The van der Waals surface area contributed by atoms with Crippen molar-refractivity contribution in [2.24, 2.45) is 0 Å². The molecule has 0 amide bonds. The van der Waals surface area contributed by atoms with Crippen LogP contribution in [0.15, 0.2) is 0 Å². The molecule has 0 aromatic heterocycles. The van der Waals surface area contributed by atoms with Crippen molar-refractivity contribution in [1.82, 2.24) is 0 Å². The summed E-state index contributed by atoms with van der Waals surface area (Å²) in [7, 11) is 0. The van der Waals surface area contributed by atoms with Crippen LogP contribution in [0.2, 0.25) is 0 Å². The first kappa shape index (κ1) is 29.3. The Balaban J connectivity index is -0.0000000239. The van der Waals surface area contributed by atoms with Gasteiger partial charge in [-0.05, 0) is 32.1 Å². The fraction of sp³-hybridized carbons (Fsp3) is 0. The van der Waals surface area contributed by atoms with Crippen molar-refractivity contribution < 1.29 is 35.0 Å². The number of hydrogen-bond donors (Lipinski definition) is 0. The zero-order chi connectivity index (χ0) is 9.54. The summed E-state index contributed by atoms with van der Waals surface area (Å²) in [6.07, 6.45) is 10.0. The van der Waals surface area contributed by atoms with Crippen LogP contribution in [0.3, 0.4) is 0 Å². The van der Waals surface area contributed by atoms with Gasteiger partial charge in [0.05, 0.1) is 0 Å². The molecule has 1 aliphatic carbocycles. The fourth-order valence-electron chi connectivity index (χ4n) is 0.321. The molecule has 1 saturated carbocycles. The van der Waals surface area contributed by atoms with Gasteiger partial charge in [-0.1, -0.05) is 0 Å². The van der Waals surface area contributed by atoms with Crippen LogP contribution >= 0.6 is 0 Å². The first-order valence-electron chi connectivity index (χ1n) is 2.28. The van der Waals surface area contributed by atoms with E-state index in [0.717, 1.165) is 0 Å². The Bertz CT molecular complexity index is 81.3. The maximum Gasteiger partial charge on any atom is 2.00 e. The maximum absolute atomic E-state index is 7.50. The smallest absolute Gasteiger partial charge is 0.358 e. The van der Waals surface area contributed by atoms with E-state index in [1.54, 1.807) is 0 Å². The summed E-state index contributed by atoms with van der Waals surface area (Å²) in [5.74, 6) is 0. The third-order valence-electron chi connectivity index (χ3n) is 0.556. The molecule has 67 valence electrons. The third-order valence-corrected chi connectivity index (χ3v) is 0.556. The summed E-state index contributed by atoms with van der Waals surface area (Å²) in [5, 5.41) is 0. The van der Waals surface area contributed by atoms with E-state index in [4.69, 9.17) is 14.0 Å². The zero-order valence-corrected chi connectivity index (χ0v) is 9.95. The van der Waals surface area contributed by atoms with Crippen molar-refractivity contribution >= 4 is 0 Å². The molecule has 0 atom stereocenters. The van der Waals surface area contributed by atoms with Crippen molar-refractivity contribution in [2.75, 3.05) is 0 Å². The third kappa shape index (κ3) is 48.5. The van der Waals surface area contributed by atoms with Gasteiger partial charge in [-0.25, -0.2) is 0 Å².